The minimum absolute atomic E-state index is 0.199. The number of carbonyl (C=O) groups is 1. The van der Waals surface area contributed by atoms with Gasteiger partial charge in [0.15, 0.2) is 5.13 Å². The van der Waals surface area contributed by atoms with Crippen LogP contribution in [0.4, 0.5) is 15.6 Å². The van der Waals surface area contributed by atoms with Crippen molar-refractivity contribution in [3.05, 3.63) is 52.5 Å². The predicted octanol–water partition coefficient (Wildman–Crippen LogP) is 4.34. The average Bonchev–Trinajstić information content (AvgIpc) is 2.95. The molecule has 0 aliphatic rings. The molecule has 0 bridgehead atoms. The summed E-state index contributed by atoms with van der Waals surface area (Å²) in [5.41, 5.74) is 1.61. The van der Waals surface area contributed by atoms with Crippen LogP contribution in [-0.4, -0.2) is 11.0 Å². The van der Waals surface area contributed by atoms with E-state index in [2.05, 4.69) is 15.6 Å². The Labute approximate surface area is 145 Å². The summed E-state index contributed by atoms with van der Waals surface area (Å²) in [5.74, 6) is 0. The number of fused-ring (bicyclic) bond motifs is 1. The number of benzene rings is 2. The zero-order valence-corrected chi connectivity index (χ0v) is 13.6. The standard InChI is InChI=1S/C16H8ClN5OS/c17-11-2-4-13-14(6-11)24-16(21-13)22-15(23)20-12-3-1-9(7-18)10(5-12)8-19/h1-6H,(H2,20,21,22,23). The van der Waals surface area contributed by atoms with E-state index >= 15 is 0 Å². The molecule has 0 aliphatic heterocycles. The van der Waals surface area contributed by atoms with Crippen LogP contribution in [0, 0.1) is 22.7 Å². The molecule has 24 heavy (non-hydrogen) atoms. The second kappa shape index (κ2) is 6.55. The number of hydrogen-bond acceptors (Lipinski definition) is 5. The first-order valence-electron chi connectivity index (χ1n) is 6.67. The summed E-state index contributed by atoms with van der Waals surface area (Å²) in [4.78, 5) is 16.3. The molecule has 0 radical (unpaired) electrons. The average molecular weight is 354 g/mol. The fourth-order valence-electron chi connectivity index (χ4n) is 2.02. The molecule has 0 saturated carbocycles. The van der Waals surface area contributed by atoms with Crippen LogP contribution in [0.2, 0.25) is 5.02 Å². The Balaban J connectivity index is 1.75. The highest BCUT2D eigenvalue weighted by Crippen LogP contribution is 2.28. The first-order chi connectivity index (χ1) is 11.6. The summed E-state index contributed by atoms with van der Waals surface area (Å²) in [6, 6.07) is 13.1. The van der Waals surface area contributed by atoms with Crippen molar-refractivity contribution in [2.45, 2.75) is 0 Å². The maximum atomic E-state index is 12.1. The lowest BCUT2D eigenvalue weighted by molar-refractivity contribution is 0.262. The Morgan fingerprint density at radius 1 is 1.08 bits per heavy atom. The Bertz CT molecular complexity index is 1030. The van der Waals surface area contributed by atoms with Crippen molar-refractivity contribution in [1.82, 2.24) is 4.98 Å². The third-order valence-corrected chi connectivity index (χ3v) is 4.26. The minimum atomic E-state index is -0.492. The molecule has 1 aromatic heterocycles. The monoisotopic (exact) mass is 353 g/mol. The van der Waals surface area contributed by atoms with Crippen LogP contribution in [0.1, 0.15) is 11.1 Å². The Morgan fingerprint density at radius 2 is 1.88 bits per heavy atom. The molecule has 1 heterocycles. The lowest BCUT2D eigenvalue weighted by atomic mass is 10.1. The third-order valence-electron chi connectivity index (χ3n) is 3.09. The fraction of sp³-hybridized carbons (Fsp3) is 0. The number of anilines is 2. The second-order valence-corrected chi connectivity index (χ2v) is 6.16. The zero-order valence-electron chi connectivity index (χ0n) is 12.0. The maximum absolute atomic E-state index is 12.1. The quantitative estimate of drug-likeness (QED) is 0.715. The summed E-state index contributed by atoms with van der Waals surface area (Å²) in [5, 5.41) is 24.2. The van der Waals surface area contributed by atoms with E-state index in [1.807, 2.05) is 12.1 Å². The van der Waals surface area contributed by atoms with Crippen LogP contribution in [0.25, 0.3) is 10.2 Å². The van der Waals surface area contributed by atoms with Gasteiger partial charge in [-0.15, -0.1) is 0 Å². The molecule has 0 aliphatic carbocycles. The summed E-state index contributed by atoms with van der Waals surface area (Å²) in [6.45, 7) is 0. The zero-order chi connectivity index (χ0) is 17.1. The number of urea groups is 1. The lowest BCUT2D eigenvalue weighted by Crippen LogP contribution is -2.19. The van der Waals surface area contributed by atoms with E-state index in [0.29, 0.717) is 15.8 Å². The van der Waals surface area contributed by atoms with Gasteiger partial charge in [0.2, 0.25) is 0 Å². The van der Waals surface area contributed by atoms with Crippen molar-refractivity contribution < 1.29 is 4.79 Å². The molecule has 8 heteroatoms. The van der Waals surface area contributed by atoms with Crippen LogP contribution in [0.5, 0.6) is 0 Å². The summed E-state index contributed by atoms with van der Waals surface area (Å²) in [7, 11) is 0. The Kier molecular flexibility index (Phi) is 4.30. The van der Waals surface area contributed by atoms with Gasteiger partial charge in [-0.25, -0.2) is 9.78 Å². The molecule has 0 fully saturated rings. The van der Waals surface area contributed by atoms with E-state index < -0.39 is 6.03 Å². The van der Waals surface area contributed by atoms with E-state index in [9.17, 15) is 4.79 Å². The van der Waals surface area contributed by atoms with Crippen molar-refractivity contribution in [3.8, 4) is 12.1 Å². The van der Waals surface area contributed by atoms with Crippen LogP contribution in [-0.2, 0) is 0 Å². The fourth-order valence-corrected chi connectivity index (χ4v) is 3.16. The topological polar surface area (TPSA) is 102 Å². The minimum Gasteiger partial charge on any atom is -0.308 e. The van der Waals surface area contributed by atoms with Crippen molar-refractivity contribution in [1.29, 1.82) is 10.5 Å². The highest BCUT2D eigenvalue weighted by molar-refractivity contribution is 7.22. The van der Waals surface area contributed by atoms with E-state index in [-0.39, 0.29) is 11.1 Å². The molecule has 0 spiro atoms. The van der Waals surface area contributed by atoms with Crippen LogP contribution in [0.15, 0.2) is 36.4 Å². The van der Waals surface area contributed by atoms with Gasteiger partial charge in [-0.2, -0.15) is 10.5 Å². The van der Waals surface area contributed by atoms with Crippen molar-refractivity contribution in [3.63, 3.8) is 0 Å². The number of rotatable bonds is 2. The number of nitriles is 2. The molecule has 0 unspecified atom stereocenters. The number of carbonyl (C=O) groups excluding carboxylic acids is 1. The van der Waals surface area contributed by atoms with Gasteiger partial charge in [0.1, 0.15) is 12.1 Å². The van der Waals surface area contributed by atoms with Crippen molar-refractivity contribution in [2.75, 3.05) is 10.6 Å². The summed E-state index contributed by atoms with van der Waals surface area (Å²) >= 11 is 7.23. The van der Waals surface area contributed by atoms with Gasteiger partial charge in [0, 0.05) is 10.7 Å². The number of nitrogens with zero attached hydrogens (tertiary/aromatic N) is 3. The number of thiazole rings is 1. The predicted molar refractivity (Wildman–Crippen MR) is 93.1 cm³/mol. The molecule has 3 rings (SSSR count). The van der Waals surface area contributed by atoms with E-state index in [1.54, 1.807) is 24.3 Å². The molecular formula is C16H8ClN5OS. The first-order valence-corrected chi connectivity index (χ1v) is 7.87. The Hall–Kier alpha value is -3.13. The third kappa shape index (κ3) is 3.28. The van der Waals surface area contributed by atoms with Gasteiger partial charge in [-0.3, -0.25) is 5.32 Å². The molecule has 3 aromatic rings. The van der Waals surface area contributed by atoms with Gasteiger partial charge in [0.05, 0.1) is 21.3 Å². The number of amides is 2. The molecule has 2 aromatic carbocycles. The second-order valence-electron chi connectivity index (χ2n) is 4.69. The summed E-state index contributed by atoms with van der Waals surface area (Å²) in [6.07, 6.45) is 0. The number of nitrogens with one attached hydrogen (secondary N) is 2. The van der Waals surface area contributed by atoms with Crippen molar-refractivity contribution in [2.24, 2.45) is 0 Å². The number of aromatic nitrogens is 1. The molecular weight excluding hydrogens is 346 g/mol. The van der Waals surface area contributed by atoms with Gasteiger partial charge in [-0.1, -0.05) is 22.9 Å². The van der Waals surface area contributed by atoms with Gasteiger partial charge in [-0.05, 0) is 36.4 Å². The highest BCUT2D eigenvalue weighted by Gasteiger charge is 2.10. The van der Waals surface area contributed by atoms with Crippen LogP contribution < -0.4 is 10.6 Å². The molecule has 0 atom stereocenters. The molecule has 6 nitrogen and oxygen atoms in total. The SMILES string of the molecule is N#Cc1ccc(NC(=O)Nc2nc3ccc(Cl)cc3s2)cc1C#N. The van der Waals surface area contributed by atoms with E-state index in [1.165, 1.54) is 23.5 Å². The summed E-state index contributed by atoms with van der Waals surface area (Å²) < 4.78 is 0.864. The van der Waals surface area contributed by atoms with Gasteiger partial charge in [0.25, 0.3) is 0 Å². The Morgan fingerprint density at radius 3 is 2.62 bits per heavy atom. The van der Waals surface area contributed by atoms with E-state index in [4.69, 9.17) is 22.1 Å². The molecule has 2 N–H and O–H groups in total. The molecule has 2 amide bonds. The van der Waals surface area contributed by atoms with Crippen LogP contribution in [0.3, 0.4) is 0 Å². The number of halogens is 1. The number of hydrogen-bond donors (Lipinski definition) is 2. The smallest absolute Gasteiger partial charge is 0.308 e. The molecule has 0 saturated heterocycles. The van der Waals surface area contributed by atoms with Gasteiger partial charge < -0.3 is 5.32 Å². The van der Waals surface area contributed by atoms with E-state index in [0.717, 1.165) is 10.2 Å². The van der Waals surface area contributed by atoms with Crippen LogP contribution >= 0.6 is 22.9 Å². The van der Waals surface area contributed by atoms with Gasteiger partial charge >= 0.3 is 6.03 Å². The largest absolute Gasteiger partial charge is 0.325 e. The molecule has 116 valence electrons. The first kappa shape index (κ1) is 15.8. The van der Waals surface area contributed by atoms with Crippen molar-refractivity contribution >= 4 is 50.0 Å². The maximum Gasteiger partial charge on any atom is 0.325 e. The lowest BCUT2D eigenvalue weighted by Gasteiger charge is -2.06. The highest BCUT2D eigenvalue weighted by atomic mass is 35.5. The normalized spacial score (nSPS) is 9.96.